The van der Waals surface area contributed by atoms with Gasteiger partial charge in [-0.15, -0.1) is 0 Å². The Morgan fingerprint density at radius 3 is 2.54 bits per heavy atom. The second kappa shape index (κ2) is 8.61. The molecule has 2 rings (SSSR count). The topological polar surface area (TPSA) is 119 Å². The number of phenols is 1. The van der Waals surface area contributed by atoms with E-state index in [1.165, 1.54) is 12.1 Å². The number of carbonyl (C=O) groups is 2. The Kier molecular flexibility index (Phi) is 6.26. The maximum atomic E-state index is 12.3. The minimum absolute atomic E-state index is 0.0154. The second-order valence-corrected chi connectivity index (χ2v) is 5.43. The number of nitro benzene ring substituents is 1. The zero-order valence-corrected chi connectivity index (χ0v) is 14.0. The highest BCUT2D eigenvalue weighted by Crippen LogP contribution is 2.26. The highest BCUT2D eigenvalue weighted by atomic mass is 16.6. The molecular formula is C18H18N2O6. The van der Waals surface area contributed by atoms with Gasteiger partial charge in [0.1, 0.15) is 6.04 Å². The molecule has 0 aromatic heterocycles. The summed E-state index contributed by atoms with van der Waals surface area (Å²) < 4.78 is 4.98. The van der Waals surface area contributed by atoms with Crippen LogP contribution in [-0.4, -0.2) is 34.6 Å². The minimum atomic E-state index is -1.02. The van der Waals surface area contributed by atoms with Crippen LogP contribution in [0.15, 0.2) is 48.5 Å². The highest BCUT2D eigenvalue weighted by Gasteiger charge is 2.24. The van der Waals surface area contributed by atoms with Gasteiger partial charge in [-0.1, -0.05) is 24.3 Å². The number of nitro groups is 1. The van der Waals surface area contributed by atoms with Crippen LogP contribution in [0.1, 0.15) is 22.8 Å². The van der Waals surface area contributed by atoms with Crippen molar-refractivity contribution in [2.45, 2.75) is 19.4 Å². The first-order valence-corrected chi connectivity index (χ1v) is 7.91. The molecule has 0 aliphatic rings. The molecule has 0 aliphatic heterocycles. The lowest BCUT2D eigenvalue weighted by atomic mass is 10.0. The highest BCUT2D eigenvalue weighted by molar-refractivity contribution is 5.96. The summed E-state index contributed by atoms with van der Waals surface area (Å²) in [5, 5.41) is 23.1. The predicted molar refractivity (Wildman–Crippen MR) is 92.8 cm³/mol. The molecule has 0 aliphatic carbocycles. The Hall–Kier alpha value is -3.42. The van der Waals surface area contributed by atoms with Gasteiger partial charge in [-0.3, -0.25) is 14.9 Å². The van der Waals surface area contributed by atoms with Crippen molar-refractivity contribution in [3.8, 4) is 5.75 Å². The fourth-order valence-corrected chi connectivity index (χ4v) is 2.35. The van der Waals surface area contributed by atoms with E-state index in [0.717, 1.165) is 6.07 Å². The Morgan fingerprint density at radius 2 is 1.92 bits per heavy atom. The van der Waals surface area contributed by atoms with Crippen molar-refractivity contribution >= 4 is 17.6 Å². The zero-order valence-electron chi connectivity index (χ0n) is 14.0. The molecule has 1 amide bonds. The number of amides is 1. The Labute approximate surface area is 149 Å². The number of rotatable bonds is 7. The van der Waals surface area contributed by atoms with Crippen LogP contribution in [-0.2, 0) is 16.0 Å². The molecule has 0 spiro atoms. The normalized spacial score (nSPS) is 11.4. The molecule has 136 valence electrons. The van der Waals surface area contributed by atoms with Gasteiger partial charge in [0.05, 0.1) is 11.5 Å². The first kappa shape index (κ1) is 18.9. The number of hydrogen-bond donors (Lipinski definition) is 2. The average molecular weight is 358 g/mol. The van der Waals surface area contributed by atoms with Gasteiger partial charge < -0.3 is 15.2 Å². The van der Waals surface area contributed by atoms with Crippen LogP contribution in [0.2, 0.25) is 0 Å². The van der Waals surface area contributed by atoms with E-state index in [1.54, 1.807) is 37.3 Å². The van der Waals surface area contributed by atoms with Crippen molar-refractivity contribution in [1.82, 2.24) is 5.32 Å². The summed E-state index contributed by atoms with van der Waals surface area (Å²) in [5.74, 6) is -1.58. The van der Waals surface area contributed by atoms with Gasteiger partial charge in [0, 0.05) is 18.1 Å². The molecule has 26 heavy (non-hydrogen) atoms. The molecule has 0 unspecified atom stereocenters. The molecule has 0 heterocycles. The number of phenolic OH excluding ortho intramolecular Hbond substituents is 1. The Morgan fingerprint density at radius 1 is 1.23 bits per heavy atom. The molecule has 2 aromatic rings. The smallest absolute Gasteiger partial charge is 0.328 e. The number of aromatic hydroxyl groups is 1. The van der Waals surface area contributed by atoms with Gasteiger partial charge in [-0.05, 0) is 30.7 Å². The summed E-state index contributed by atoms with van der Waals surface area (Å²) in [6.45, 7) is 1.77. The number of carbonyl (C=O) groups excluding carboxylic acids is 2. The maximum absolute atomic E-state index is 12.3. The molecule has 8 heteroatoms. The largest absolute Gasteiger partial charge is 0.502 e. The molecular weight excluding hydrogens is 340 g/mol. The van der Waals surface area contributed by atoms with Crippen molar-refractivity contribution < 1.29 is 24.4 Å². The fraction of sp³-hybridized carbons (Fsp3) is 0.222. The van der Waals surface area contributed by atoms with Crippen LogP contribution in [0.4, 0.5) is 5.69 Å². The summed E-state index contributed by atoms with van der Waals surface area (Å²) in [4.78, 5) is 34.7. The summed E-state index contributed by atoms with van der Waals surface area (Å²) >= 11 is 0. The van der Waals surface area contributed by atoms with E-state index in [9.17, 15) is 24.8 Å². The standard InChI is InChI=1S/C18H18N2O6/c1-2-26-18(23)14(19-17(22)13-6-4-3-5-7-13)10-12-8-9-16(21)15(11-12)20(24)25/h3-9,11,14,21H,2,10H2,1H3,(H,19,22)/t14-/m0/s1. The molecule has 0 radical (unpaired) electrons. The third-order valence-electron chi connectivity index (χ3n) is 3.59. The monoisotopic (exact) mass is 358 g/mol. The van der Waals surface area contributed by atoms with E-state index in [0.29, 0.717) is 11.1 Å². The van der Waals surface area contributed by atoms with Crippen LogP contribution < -0.4 is 5.32 Å². The molecule has 0 fully saturated rings. The first-order chi connectivity index (χ1) is 12.4. The number of hydrogen-bond acceptors (Lipinski definition) is 6. The molecule has 1 atom stereocenters. The number of esters is 1. The van der Waals surface area contributed by atoms with Crippen molar-refractivity contribution in [1.29, 1.82) is 0 Å². The van der Waals surface area contributed by atoms with Crippen LogP contribution in [0.5, 0.6) is 5.75 Å². The Bertz CT molecular complexity index is 807. The predicted octanol–water partition coefficient (Wildman–Crippen LogP) is 2.20. The van der Waals surface area contributed by atoms with E-state index in [1.807, 2.05) is 0 Å². The van der Waals surface area contributed by atoms with Crippen LogP contribution in [0.25, 0.3) is 0 Å². The SMILES string of the molecule is CCOC(=O)[C@H](Cc1ccc(O)c([N+](=O)[O-])c1)NC(=O)c1ccccc1. The second-order valence-electron chi connectivity index (χ2n) is 5.43. The quantitative estimate of drug-likeness (QED) is 0.445. The molecule has 2 N–H and O–H groups in total. The summed E-state index contributed by atoms with van der Waals surface area (Å²) in [7, 11) is 0. The van der Waals surface area contributed by atoms with Crippen LogP contribution in [0.3, 0.4) is 0 Å². The third-order valence-corrected chi connectivity index (χ3v) is 3.59. The van der Waals surface area contributed by atoms with Crippen molar-refractivity contribution in [3.05, 3.63) is 69.8 Å². The molecule has 0 bridgehead atoms. The van der Waals surface area contributed by atoms with E-state index >= 15 is 0 Å². The van der Waals surface area contributed by atoms with Gasteiger partial charge in [-0.25, -0.2) is 4.79 Å². The fourth-order valence-electron chi connectivity index (χ4n) is 2.35. The summed E-state index contributed by atoms with van der Waals surface area (Å²) in [6, 6.07) is 11.1. The number of ether oxygens (including phenoxy) is 1. The number of nitrogens with one attached hydrogen (secondary N) is 1. The van der Waals surface area contributed by atoms with Crippen molar-refractivity contribution in [2.24, 2.45) is 0 Å². The van der Waals surface area contributed by atoms with Gasteiger partial charge in [-0.2, -0.15) is 0 Å². The van der Waals surface area contributed by atoms with Crippen molar-refractivity contribution in [2.75, 3.05) is 6.61 Å². The lowest BCUT2D eigenvalue weighted by Gasteiger charge is -2.17. The first-order valence-electron chi connectivity index (χ1n) is 7.91. The van der Waals surface area contributed by atoms with E-state index in [2.05, 4.69) is 5.32 Å². The van der Waals surface area contributed by atoms with Crippen LogP contribution in [0, 0.1) is 10.1 Å². The molecule has 0 saturated carbocycles. The molecule has 2 aromatic carbocycles. The van der Waals surface area contributed by atoms with E-state index in [4.69, 9.17) is 4.74 Å². The van der Waals surface area contributed by atoms with Gasteiger partial charge in [0.15, 0.2) is 5.75 Å². The summed E-state index contributed by atoms with van der Waals surface area (Å²) in [5.41, 5.74) is 0.305. The number of benzene rings is 2. The molecule has 0 saturated heterocycles. The lowest BCUT2D eigenvalue weighted by molar-refractivity contribution is -0.385. The summed E-state index contributed by atoms with van der Waals surface area (Å²) in [6.07, 6.45) is -0.0154. The van der Waals surface area contributed by atoms with Gasteiger partial charge in [0.2, 0.25) is 0 Å². The lowest BCUT2D eigenvalue weighted by Crippen LogP contribution is -2.43. The van der Waals surface area contributed by atoms with Gasteiger partial charge >= 0.3 is 11.7 Å². The van der Waals surface area contributed by atoms with Crippen molar-refractivity contribution in [3.63, 3.8) is 0 Å². The van der Waals surface area contributed by atoms with Crippen LogP contribution >= 0.6 is 0 Å². The average Bonchev–Trinajstić information content (AvgIpc) is 2.63. The third kappa shape index (κ3) is 4.79. The number of nitrogens with zero attached hydrogens (tertiary/aromatic N) is 1. The van der Waals surface area contributed by atoms with Gasteiger partial charge in [0.25, 0.3) is 5.91 Å². The molecule has 8 nitrogen and oxygen atoms in total. The Balaban J connectivity index is 2.22. The van der Waals surface area contributed by atoms with E-state index < -0.39 is 34.3 Å². The zero-order chi connectivity index (χ0) is 19.1. The van der Waals surface area contributed by atoms with E-state index in [-0.39, 0.29) is 13.0 Å². The minimum Gasteiger partial charge on any atom is -0.502 e. The maximum Gasteiger partial charge on any atom is 0.328 e.